The van der Waals surface area contributed by atoms with E-state index in [0.717, 1.165) is 31.0 Å². The molecule has 0 aromatic rings. The highest BCUT2D eigenvalue weighted by atomic mass is 35.5. The summed E-state index contributed by atoms with van der Waals surface area (Å²) in [4.78, 5) is 13.9. The van der Waals surface area contributed by atoms with Crippen LogP contribution in [0.15, 0.2) is 0 Å². The maximum atomic E-state index is 12.0. The van der Waals surface area contributed by atoms with E-state index in [0.29, 0.717) is 5.91 Å². The van der Waals surface area contributed by atoms with Crippen molar-refractivity contribution in [1.82, 2.24) is 4.90 Å². The van der Waals surface area contributed by atoms with Crippen LogP contribution in [0.2, 0.25) is 0 Å². The minimum absolute atomic E-state index is 0. The normalized spacial score (nSPS) is 31.1. The molecule has 0 saturated carbocycles. The van der Waals surface area contributed by atoms with E-state index < -0.39 is 0 Å². The van der Waals surface area contributed by atoms with Gasteiger partial charge in [-0.2, -0.15) is 11.8 Å². The van der Waals surface area contributed by atoms with Crippen molar-refractivity contribution in [1.29, 1.82) is 0 Å². The summed E-state index contributed by atoms with van der Waals surface area (Å²) in [7, 11) is 0. The van der Waals surface area contributed by atoms with Gasteiger partial charge in [-0.25, -0.2) is 0 Å². The van der Waals surface area contributed by atoms with Crippen molar-refractivity contribution in [2.75, 3.05) is 30.3 Å². The van der Waals surface area contributed by atoms with Crippen molar-refractivity contribution in [2.24, 2.45) is 5.73 Å². The van der Waals surface area contributed by atoms with Crippen LogP contribution in [0.4, 0.5) is 0 Å². The summed E-state index contributed by atoms with van der Waals surface area (Å²) in [5, 5.41) is 0.194. The molecule has 2 atom stereocenters. The lowest BCUT2D eigenvalue weighted by Gasteiger charge is -2.25. The van der Waals surface area contributed by atoms with E-state index >= 15 is 0 Å². The van der Waals surface area contributed by atoms with Crippen molar-refractivity contribution in [3.05, 3.63) is 0 Å². The Balaban J connectivity index is 0.00000112. The summed E-state index contributed by atoms with van der Waals surface area (Å²) in [6.45, 7) is 1.63. The van der Waals surface area contributed by atoms with Crippen molar-refractivity contribution >= 4 is 41.8 Å². The summed E-state index contributed by atoms with van der Waals surface area (Å²) >= 11 is 3.70. The third kappa shape index (κ3) is 3.44. The van der Waals surface area contributed by atoms with E-state index in [-0.39, 0.29) is 23.7 Å². The molecule has 0 spiro atoms. The summed E-state index contributed by atoms with van der Waals surface area (Å²) < 4.78 is 0. The second-order valence-electron chi connectivity index (χ2n) is 3.77. The van der Waals surface area contributed by atoms with Gasteiger partial charge in [-0.05, 0) is 6.42 Å². The maximum Gasteiger partial charge on any atom is 0.236 e. The first kappa shape index (κ1) is 13.5. The minimum Gasteiger partial charge on any atom is -0.340 e. The van der Waals surface area contributed by atoms with Gasteiger partial charge in [0.05, 0.1) is 5.25 Å². The van der Waals surface area contributed by atoms with Gasteiger partial charge in [-0.15, -0.1) is 24.2 Å². The second kappa shape index (κ2) is 6.23. The molecule has 0 aliphatic carbocycles. The van der Waals surface area contributed by atoms with Crippen LogP contribution < -0.4 is 5.73 Å². The number of hydrogen-bond donors (Lipinski definition) is 1. The summed E-state index contributed by atoms with van der Waals surface area (Å²) in [5.41, 5.74) is 5.79. The molecule has 2 fully saturated rings. The number of thioether (sulfide) groups is 2. The molecular weight excluding hydrogens is 252 g/mol. The smallest absolute Gasteiger partial charge is 0.236 e. The van der Waals surface area contributed by atoms with Crippen LogP contribution in [0, 0.1) is 0 Å². The average molecular weight is 269 g/mol. The Morgan fingerprint density at radius 1 is 1.40 bits per heavy atom. The Morgan fingerprint density at radius 3 is 2.73 bits per heavy atom. The van der Waals surface area contributed by atoms with Crippen LogP contribution in [-0.4, -0.2) is 52.4 Å². The van der Waals surface area contributed by atoms with E-state index in [1.54, 1.807) is 11.8 Å². The first-order valence-electron chi connectivity index (χ1n) is 5.01. The van der Waals surface area contributed by atoms with E-state index in [2.05, 4.69) is 0 Å². The Labute approximate surface area is 105 Å². The molecule has 0 aromatic heterocycles. The van der Waals surface area contributed by atoms with Crippen LogP contribution in [0.5, 0.6) is 0 Å². The van der Waals surface area contributed by atoms with E-state index in [9.17, 15) is 4.79 Å². The zero-order valence-corrected chi connectivity index (χ0v) is 11.0. The number of carbonyl (C=O) groups excluding carboxylic acids is 1. The predicted octanol–water partition coefficient (Wildman–Crippen LogP) is 0.816. The van der Waals surface area contributed by atoms with Crippen molar-refractivity contribution in [3.8, 4) is 0 Å². The van der Waals surface area contributed by atoms with Crippen LogP contribution >= 0.6 is 35.9 Å². The molecule has 3 nitrogen and oxygen atoms in total. The summed E-state index contributed by atoms with van der Waals surface area (Å²) in [5.74, 6) is 3.60. The summed E-state index contributed by atoms with van der Waals surface area (Å²) in [6, 6.07) is 0.209. The molecule has 2 saturated heterocycles. The average Bonchev–Trinajstić information content (AvgIpc) is 2.65. The Morgan fingerprint density at radius 2 is 2.20 bits per heavy atom. The monoisotopic (exact) mass is 268 g/mol. The third-order valence-electron chi connectivity index (χ3n) is 2.63. The van der Waals surface area contributed by atoms with Crippen molar-refractivity contribution in [2.45, 2.75) is 17.7 Å². The molecule has 2 heterocycles. The fourth-order valence-corrected chi connectivity index (χ4v) is 4.45. The molecule has 1 amide bonds. The van der Waals surface area contributed by atoms with Gasteiger partial charge in [-0.3, -0.25) is 4.79 Å². The summed E-state index contributed by atoms with van der Waals surface area (Å²) in [6.07, 6.45) is 0.969. The van der Waals surface area contributed by atoms with Crippen LogP contribution in [0.25, 0.3) is 0 Å². The predicted molar refractivity (Wildman–Crippen MR) is 70.0 cm³/mol. The molecule has 88 valence electrons. The Bertz CT molecular complexity index is 217. The number of nitrogens with two attached hydrogens (primary N) is 1. The number of hydrogen-bond acceptors (Lipinski definition) is 4. The SMILES string of the molecule is Cl.N[C@H]1CCN(C(=O)C2CSCCS2)C1. The highest BCUT2D eigenvalue weighted by Crippen LogP contribution is 2.26. The standard InChI is InChI=1S/C9H16N2OS2.ClH/c10-7-1-2-11(5-7)9(12)8-6-13-3-4-14-8;/h7-8H,1-6,10H2;1H/t7-,8?;/m0./s1. The molecule has 2 aliphatic heterocycles. The van der Waals surface area contributed by atoms with Crippen LogP contribution in [0.1, 0.15) is 6.42 Å². The first-order valence-corrected chi connectivity index (χ1v) is 7.21. The number of rotatable bonds is 1. The van der Waals surface area contributed by atoms with Gasteiger partial charge in [0.25, 0.3) is 0 Å². The molecule has 15 heavy (non-hydrogen) atoms. The van der Waals surface area contributed by atoms with Gasteiger partial charge in [-0.1, -0.05) is 0 Å². The molecule has 6 heteroatoms. The quantitative estimate of drug-likeness (QED) is 0.765. The van der Waals surface area contributed by atoms with Crippen LogP contribution in [0.3, 0.4) is 0 Å². The molecule has 0 aromatic carbocycles. The second-order valence-corrected chi connectivity index (χ2v) is 6.23. The zero-order valence-electron chi connectivity index (χ0n) is 8.55. The van der Waals surface area contributed by atoms with Gasteiger partial charge in [0.2, 0.25) is 5.91 Å². The number of carbonyl (C=O) groups is 1. The number of halogens is 1. The molecule has 2 aliphatic rings. The number of amides is 1. The van der Waals surface area contributed by atoms with Crippen molar-refractivity contribution in [3.63, 3.8) is 0 Å². The van der Waals surface area contributed by atoms with Gasteiger partial charge in [0.1, 0.15) is 0 Å². The largest absolute Gasteiger partial charge is 0.340 e. The Kier molecular flexibility index (Phi) is 5.60. The Hall–Kier alpha value is 0.420. The highest BCUT2D eigenvalue weighted by Gasteiger charge is 2.30. The van der Waals surface area contributed by atoms with Crippen molar-refractivity contribution < 1.29 is 4.79 Å². The highest BCUT2D eigenvalue weighted by molar-refractivity contribution is 8.07. The first-order chi connectivity index (χ1) is 6.77. The topological polar surface area (TPSA) is 46.3 Å². The van der Waals surface area contributed by atoms with E-state index in [4.69, 9.17) is 5.73 Å². The molecule has 2 N–H and O–H groups in total. The lowest BCUT2D eigenvalue weighted by molar-refractivity contribution is -0.129. The lowest BCUT2D eigenvalue weighted by Crippen LogP contribution is -2.40. The molecule has 1 unspecified atom stereocenters. The molecule has 0 bridgehead atoms. The molecule has 2 rings (SSSR count). The van der Waals surface area contributed by atoms with Gasteiger partial charge in [0.15, 0.2) is 0 Å². The van der Waals surface area contributed by atoms with Gasteiger partial charge in [0, 0.05) is 36.4 Å². The maximum absolute atomic E-state index is 12.0. The van der Waals surface area contributed by atoms with Gasteiger partial charge < -0.3 is 10.6 Å². The molecular formula is C9H17ClN2OS2. The van der Waals surface area contributed by atoms with Crippen LogP contribution in [-0.2, 0) is 4.79 Å². The van der Waals surface area contributed by atoms with E-state index in [1.165, 1.54) is 5.75 Å². The number of nitrogens with zero attached hydrogens (tertiary/aromatic N) is 1. The minimum atomic E-state index is 0. The fourth-order valence-electron chi connectivity index (χ4n) is 1.82. The molecule has 0 radical (unpaired) electrons. The zero-order chi connectivity index (χ0) is 9.97. The third-order valence-corrected chi connectivity index (χ3v) is 5.37. The van der Waals surface area contributed by atoms with E-state index in [1.807, 2.05) is 16.7 Å². The lowest BCUT2D eigenvalue weighted by atomic mass is 10.3. The fraction of sp³-hybridized carbons (Fsp3) is 0.889. The van der Waals surface area contributed by atoms with Gasteiger partial charge >= 0.3 is 0 Å². The number of likely N-dealkylation sites (tertiary alicyclic amines) is 1.